The number of benzene rings is 1. The number of hydrogen-bond acceptors (Lipinski definition) is 30. The van der Waals surface area contributed by atoms with Crippen LogP contribution in [0.2, 0.25) is 0 Å². The number of nitrogens with zero attached hydrogens (tertiary/aromatic N) is 7. The van der Waals surface area contributed by atoms with Crippen LogP contribution >= 0.6 is 0 Å². The van der Waals surface area contributed by atoms with Gasteiger partial charge in [-0.05, 0) is 24.3 Å². The van der Waals surface area contributed by atoms with Crippen LogP contribution in [-0.2, 0) is 105 Å². The molecule has 0 saturated heterocycles. The Bertz CT molecular complexity index is 2830. The maximum Gasteiger partial charge on any atom is 0.309 e. The molecule has 0 heterocycles. The molecule has 36 nitrogen and oxygen atoms in total. The Hall–Kier alpha value is -8.84. The van der Waals surface area contributed by atoms with E-state index in [0.29, 0.717) is 5.69 Å². The Morgan fingerprint density at radius 3 is 0.517 bits per heavy atom. The second-order valence-electron chi connectivity index (χ2n) is 31.5. The minimum absolute atomic E-state index is 0.00910. The van der Waals surface area contributed by atoms with Gasteiger partial charge in [-0.25, -0.2) is 0 Å². The van der Waals surface area contributed by atoms with Crippen LogP contribution in [0.25, 0.3) is 0 Å². The fraction of sp³-hybridized carbons (Fsp3) is 0.756. The maximum atomic E-state index is 14.3. The van der Waals surface area contributed by atoms with Crippen molar-refractivity contribution in [3.63, 3.8) is 0 Å². The molecule has 0 radical (unpaired) electrons. The molecular formula is C82H143N13O23. The lowest BCUT2D eigenvalue weighted by Crippen LogP contribution is -2.48. The van der Waals surface area contributed by atoms with E-state index in [1.165, 1.54) is 69.0 Å². The van der Waals surface area contributed by atoms with Gasteiger partial charge in [0.25, 0.3) is 0 Å². The normalized spacial score (nSPS) is 15.1. The van der Waals surface area contributed by atoms with Gasteiger partial charge < -0.3 is 89.6 Å². The van der Waals surface area contributed by atoms with Crippen molar-refractivity contribution >= 4 is 88.9 Å². The molecule has 36 heteroatoms. The van der Waals surface area contributed by atoms with Gasteiger partial charge in [0.05, 0.1) is 116 Å². The standard InChI is InChI=1S/C82H143N13O23/c1-53(69(97)83-29-35-91(43-59(7)75(103)111-15)44-60(8)76(104)112-16)39-89(40-54(2)70(98)84-30-36-92(45-61(9)77(105)113-17)46-62(10)78(106)114-18)33-27-87-73(101)57(5)51-95(67-23-25-68(96)26-24-67)52-58(6)74(102)88-28-34-90(41-55(3)71(99)85-31-37-93(47-63(11)79(107)115-19)48-64(12)80(108)116-20)42-56(4)72(100)86-32-38-94(49-65(13)81(109)117-21)50-66(14)82(110)118-22/h23-26,53-66,96H,27-52H2,1-22H3,(H,83,97)(H,84,98)(H,85,99)(H,86,100)(H,87,101)(H,88,102). The molecule has 0 fully saturated rings. The van der Waals surface area contributed by atoms with E-state index in [1.807, 2.05) is 34.3 Å². The van der Waals surface area contributed by atoms with E-state index in [9.17, 15) is 72.2 Å². The molecule has 0 aromatic heterocycles. The highest BCUT2D eigenvalue weighted by molar-refractivity contribution is 5.82. The molecule has 6 amide bonds. The minimum atomic E-state index is -0.704. The average Bonchev–Trinajstić information content (AvgIpc) is 0.856. The second kappa shape index (κ2) is 58.1. The summed E-state index contributed by atoms with van der Waals surface area (Å²) in [7, 11) is 10.3. The Kier molecular flexibility index (Phi) is 52.8. The van der Waals surface area contributed by atoms with E-state index in [4.69, 9.17) is 37.9 Å². The van der Waals surface area contributed by atoms with Crippen molar-refractivity contribution in [2.45, 2.75) is 96.9 Å². The van der Waals surface area contributed by atoms with E-state index in [-0.39, 0.29) is 211 Å². The van der Waals surface area contributed by atoms with E-state index in [0.717, 1.165) is 0 Å². The monoisotopic (exact) mass is 1680 g/mol. The number of phenols is 1. The van der Waals surface area contributed by atoms with Crippen molar-refractivity contribution < 1.29 is 110 Å². The molecule has 14 unspecified atom stereocenters. The first-order chi connectivity index (χ1) is 55.6. The summed E-state index contributed by atoms with van der Waals surface area (Å²) < 4.78 is 39.5. The lowest BCUT2D eigenvalue weighted by molar-refractivity contribution is -0.148. The van der Waals surface area contributed by atoms with Crippen molar-refractivity contribution in [1.82, 2.24) is 61.3 Å². The summed E-state index contributed by atoms with van der Waals surface area (Å²) in [6.45, 7) is 29.0. The number of phenolic OH excluding ortho intramolecular Hbond substituents is 1. The van der Waals surface area contributed by atoms with Crippen molar-refractivity contribution in [2.24, 2.45) is 82.9 Å². The van der Waals surface area contributed by atoms with Gasteiger partial charge in [0.15, 0.2) is 0 Å². The van der Waals surface area contributed by atoms with Crippen LogP contribution in [0.3, 0.4) is 0 Å². The summed E-state index contributed by atoms with van der Waals surface area (Å²) in [5.74, 6) is -13.8. The zero-order valence-corrected chi connectivity index (χ0v) is 74.3. The number of carbonyl (C=O) groups excluding carboxylic acids is 14. The Morgan fingerprint density at radius 1 is 0.237 bits per heavy atom. The maximum absolute atomic E-state index is 14.3. The first-order valence-corrected chi connectivity index (χ1v) is 40.8. The SMILES string of the molecule is COC(=O)C(C)CN(CCNC(=O)C(C)CN(CCNC(=O)C(C)CN(CC(C)C(=O)NCCN(CC(C)C(=O)NCCN(CC(C)C(=O)OC)CC(C)C(=O)OC)CC(C)C(=O)NCCN(CC(C)C(=O)OC)CC(C)C(=O)OC)c1ccc(O)cc1)CC(C)C(=O)NCCN(CC(C)C(=O)OC)CC(C)C(=O)OC)CC(C)C(=O)OC. The fourth-order valence-corrected chi connectivity index (χ4v) is 13.6. The molecule has 7 N–H and O–H groups in total. The largest absolute Gasteiger partial charge is 0.508 e. The Morgan fingerprint density at radius 2 is 0.373 bits per heavy atom. The number of rotatable bonds is 61. The van der Waals surface area contributed by atoms with Crippen LogP contribution in [0.1, 0.15) is 96.9 Å². The van der Waals surface area contributed by atoms with Crippen LogP contribution in [-0.4, -0.2) is 345 Å². The Balaban J connectivity index is 3.57. The third kappa shape index (κ3) is 42.2. The van der Waals surface area contributed by atoms with Gasteiger partial charge in [0.1, 0.15) is 5.75 Å². The molecule has 0 aliphatic heterocycles. The summed E-state index contributed by atoms with van der Waals surface area (Å²) in [4.78, 5) is 197. The molecule has 674 valence electrons. The number of aromatic hydroxyl groups is 1. The van der Waals surface area contributed by atoms with E-state index in [1.54, 1.807) is 109 Å². The molecule has 0 bridgehead atoms. The molecular weight excluding hydrogens is 1530 g/mol. The fourth-order valence-electron chi connectivity index (χ4n) is 13.6. The summed E-state index contributed by atoms with van der Waals surface area (Å²) in [5.41, 5.74) is 0.602. The number of nitrogens with one attached hydrogen (secondary N) is 6. The number of hydrogen-bond donors (Lipinski definition) is 7. The molecule has 0 aliphatic rings. The van der Waals surface area contributed by atoms with Gasteiger partial charge >= 0.3 is 47.8 Å². The van der Waals surface area contributed by atoms with Gasteiger partial charge in [-0.15, -0.1) is 0 Å². The molecule has 1 aromatic carbocycles. The summed E-state index contributed by atoms with van der Waals surface area (Å²) in [6.07, 6.45) is 0. The third-order valence-electron chi connectivity index (χ3n) is 20.5. The molecule has 0 saturated carbocycles. The molecule has 14 atom stereocenters. The predicted octanol–water partition coefficient (Wildman–Crippen LogP) is 0.997. The highest BCUT2D eigenvalue weighted by Gasteiger charge is 2.32. The number of ether oxygens (including phenoxy) is 8. The van der Waals surface area contributed by atoms with Crippen LogP contribution < -0.4 is 36.8 Å². The van der Waals surface area contributed by atoms with E-state index >= 15 is 0 Å². The first kappa shape index (κ1) is 107. The molecule has 1 rings (SSSR count). The number of anilines is 1. The molecule has 0 aliphatic carbocycles. The predicted molar refractivity (Wildman–Crippen MR) is 441 cm³/mol. The van der Waals surface area contributed by atoms with Crippen molar-refractivity contribution in [3.8, 4) is 5.75 Å². The lowest BCUT2D eigenvalue weighted by Gasteiger charge is -2.31. The minimum Gasteiger partial charge on any atom is -0.508 e. The average molecular weight is 1680 g/mol. The number of methoxy groups -OCH3 is 8. The van der Waals surface area contributed by atoms with Gasteiger partial charge in [0, 0.05) is 200 Å². The van der Waals surface area contributed by atoms with Crippen LogP contribution in [0, 0.1) is 82.9 Å². The molecule has 0 spiro atoms. The number of amides is 6. The highest BCUT2D eigenvalue weighted by Crippen LogP contribution is 2.22. The van der Waals surface area contributed by atoms with Crippen LogP contribution in [0.15, 0.2) is 24.3 Å². The Labute approximate surface area is 699 Å². The van der Waals surface area contributed by atoms with Gasteiger partial charge in [-0.1, -0.05) is 96.9 Å². The van der Waals surface area contributed by atoms with Crippen molar-refractivity contribution in [2.75, 3.05) is 232 Å². The zero-order valence-electron chi connectivity index (χ0n) is 74.3. The van der Waals surface area contributed by atoms with Gasteiger partial charge in [-0.2, -0.15) is 0 Å². The number of esters is 8. The smallest absolute Gasteiger partial charge is 0.309 e. The number of carbonyl (C=O) groups is 14. The van der Waals surface area contributed by atoms with Crippen LogP contribution in [0.5, 0.6) is 5.75 Å². The lowest BCUT2D eigenvalue weighted by atomic mass is 10.1. The van der Waals surface area contributed by atoms with Crippen molar-refractivity contribution in [3.05, 3.63) is 24.3 Å². The van der Waals surface area contributed by atoms with Crippen LogP contribution in [0.4, 0.5) is 5.69 Å². The molecule has 1 aromatic rings. The molecule has 118 heavy (non-hydrogen) atoms. The topological polar surface area (TPSA) is 428 Å². The zero-order chi connectivity index (χ0) is 89.5. The highest BCUT2D eigenvalue weighted by atomic mass is 16.5. The first-order valence-electron chi connectivity index (χ1n) is 40.8. The van der Waals surface area contributed by atoms with E-state index < -0.39 is 131 Å². The summed E-state index contributed by atoms with van der Waals surface area (Å²) in [5, 5.41) is 28.3. The van der Waals surface area contributed by atoms with Gasteiger partial charge in [0.2, 0.25) is 35.4 Å². The third-order valence-corrected chi connectivity index (χ3v) is 20.5. The summed E-state index contributed by atoms with van der Waals surface area (Å²) >= 11 is 0. The quantitative estimate of drug-likeness (QED) is 0.0353. The summed E-state index contributed by atoms with van der Waals surface area (Å²) in [6, 6.07) is 6.33. The van der Waals surface area contributed by atoms with Crippen molar-refractivity contribution in [1.29, 1.82) is 0 Å². The second-order valence-corrected chi connectivity index (χ2v) is 31.5. The van der Waals surface area contributed by atoms with E-state index in [2.05, 4.69) is 31.9 Å². The van der Waals surface area contributed by atoms with Gasteiger partial charge in [-0.3, -0.25) is 86.7 Å².